The number of hydrogen-bond donors (Lipinski definition) is 1. The number of anilines is 1. The minimum absolute atomic E-state index is 0.0699. The zero-order valence-corrected chi connectivity index (χ0v) is 12.3. The lowest BCUT2D eigenvalue weighted by molar-refractivity contribution is 0.0779. The minimum Gasteiger partial charge on any atom is -0.385 e. The minimum atomic E-state index is -0.0699. The van der Waals surface area contributed by atoms with Crippen LogP contribution in [-0.2, 0) is 4.74 Å². The molecule has 0 radical (unpaired) electrons. The monoisotopic (exact) mass is 285 g/mol. The second kappa shape index (κ2) is 7.96. The van der Waals surface area contributed by atoms with E-state index >= 15 is 0 Å². The van der Waals surface area contributed by atoms with Gasteiger partial charge in [-0.25, -0.2) is 4.98 Å². The van der Waals surface area contributed by atoms with Gasteiger partial charge in [0.1, 0.15) is 11.0 Å². The van der Waals surface area contributed by atoms with Crippen molar-refractivity contribution in [2.45, 2.75) is 13.3 Å². The Morgan fingerprint density at radius 3 is 2.89 bits per heavy atom. The van der Waals surface area contributed by atoms with E-state index in [0.717, 1.165) is 13.0 Å². The zero-order chi connectivity index (χ0) is 14.3. The van der Waals surface area contributed by atoms with Gasteiger partial charge in [-0.1, -0.05) is 11.6 Å². The number of carbonyl (C=O) groups excluding carboxylic acids is 1. The Morgan fingerprint density at radius 1 is 1.53 bits per heavy atom. The predicted octanol–water partition coefficient (Wildman–Crippen LogP) is 2.28. The molecule has 5 nitrogen and oxygen atoms in total. The van der Waals surface area contributed by atoms with Crippen LogP contribution in [0.2, 0.25) is 5.15 Å². The topological polar surface area (TPSA) is 54.5 Å². The summed E-state index contributed by atoms with van der Waals surface area (Å²) in [5, 5.41) is 3.36. The maximum atomic E-state index is 12.2. The third kappa shape index (κ3) is 5.04. The van der Waals surface area contributed by atoms with Gasteiger partial charge in [-0.05, 0) is 25.5 Å². The highest BCUT2D eigenvalue weighted by atomic mass is 35.5. The average molecular weight is 286 g/mol. The highest BCUT2D eigenvalue weighted by Gasteiger charge is 2.13. The molecule has 0 aliphatic heterocycles. The molecule has 0 aromatic carbocycles. The third-order valence-corrected chi connectivity index (χ3v) is 2.78. The first kappa shape index (κ1) is 15.7. The summed E-state index contributed by atoms with van der Waals surface area (Å²) in [6.07, 6.45) is 0.803. The molecule has 0 aliphatic rings. The molecule has 1 aromatic heterocycles. The van der Waals surface area contributed by atoms with Crippen molar-refractivity contribution in [2.75, 3.05) is 39.2 Å². The first-order valence-electron chi connectivity index (χ1n) is 6.24. The summed E-state index contributed by atoms with van der Waals surface area (Å²) in [6, 6.07) is 3.29. The molecule has 0 fully saturated rings. The van der Waals surface area contributed by atoms with Gasteiger partial charge < -0.3 is 15.0 Å². The van der Waals surface area contributed by atoms with E-state index in [1.54, 1.807) is 31.2 Å². The van der Waals surface area contributed by atoms with Crippen LogP contribution in [0.25, 0.3) is 0 Å². The summed E-state index contributed by atoms with van der Waals surface area (Å²) in [7, 11) is 3.41. The summed E-state index contributed by atoms with van der Waals surface area (Å²) in [4.78, 5) is 18.0. The summed E-state index contributed by atoms with van der Waals surface area (Å²) in [6.45, 7) is 3.96. The fraction of sp³-hybridized carbons (Fsp3) is 0.538. The molecule has 106 valence electrons. The smallest absolute Gasteiger partial charge is 0.253 e. The molecule has 1 heterocycles. The number of ether oxygens (including phenoxy) is 1. The summed E-state index contributed by atoms with van der Waals surface area (Å²) >= 11 is 5.92. The van der Waals surface area contributed by atoms with E-state index in [2.05, 4.69) is 10.3 Å². The normalized spacial score (nSPS) is 10.3. The van der Waals surface area contributed by atoms with Gasteiger partial charge in [-0.2, -0.15) is 0 Å². The van der Waals surface area contributed by atoms with Crippen LogP contribution in [0.1, 0.15) is 23.7 Å². The predicted molar refractivity (Wildman–Crippen MR) is 76.9 cm³/mol. The zero-order valence-electron chi connectivity index (χ0n) is 11.6. The molecule has 19 heavy (non-hydrogen) atoms. The maximum Gasteiger partial charge on any atom is 0.253 e. The first-order chi connectivity index (χ1) is 9.08. The van der Waals surface area contributed by atoms with Crippen LogP contribution < -0.4 is 5.32 Å². The first-order valence-corrected chi connectivity index (χ1v) is 6.62. The molecule has 1 N–H and O–H groups in total. The molecule has 0 aliphatic carbocycles. The number of aromatic nitrogens is 1. The van der Waals surface area contributed by atoms with Gasteiger partial charge in [0.05, 0.1) is 0 Å². The van der Waals surface area contributed by atoms with Gasteiger partial charge in [-0.3, -0.25) is 4.79 Å². The fourth-order valence-corrected chi connectivity index (χ4v) is 1.87. The average Bonchev–Trinajstić information content (AvgIpc) is 2.37. The Bertz CT molecular complexity index is 426. The maximum absolute atomic E-state index is 12.2. The molecule has 0 unspecified atom stereocenters. The Kier molecular flexibility index (Phi) is 6.59. The summed E-state index contributed by atoms with van der Waals surface area (Å²) in [5.41, 5.74) is 0.538. The third-order valence-electron chi connectivity index (χ3n) is 2.59. The Morgan fingerprint density at radius 2 is 2.26 bits per heavy atom. The molecule has 6 heteroatoms. The number of halogens is 1. The van der Waals surface area contributed by atoms with Gasteiger partial charge in [0.15, 0.2) is 0 Å². The second-order valence-electron chi connectivity index (χ2n) is 4.17. The van der Waals surface area contributed by atoms with Gasteiger partial charge >= 0.3 is 0 Å². The molecular weight excluding hydrogens is 266 g/mol. The second-order valence-corrected chi connectivity index (χ2v) is 4.55. The molecule has 0 saturated heterocycles. The van der Waals surface area contributed by atoms with Gasteiger partial charge in [0.2, 0.25) is 0 Å². The standard InChI is InChI=1S/C13H20ClN3O2/c1-4-15-12-9-10(8-11(14)16-12)13(18)17(2)6-5-7-19-3/h8-9H,4-7H2,1-3H3,(H,15,16). The lowest BCUT2D eigenvalue weighted by Crippen LogP contribution is -2.28. The van der Waals surface area contributed by atoms with E-state index in [1.807, 2.05) is 6.92 Å². The number of hydrogen-bond acceptors (Lipinski definition) is 4. The molecule has 0 bridgehead atoms. The largest absolute Gasteiger partial charge is 0.385 e. The highest BCUT2D eigenvalue weighted by molar-refractivity contribution is 6.29. The Balaban J connectivity index is 2.74. The molecule has 0 saturated carbocycles. The summed E-state index contributed by atoms with van der Waals surface area (Å²) in [5.74, 6) is 0.545. The number of nitrogens with zero attached hydrogens (tertiary/aromatic N) is 2. The molecule has 0 atom stereocenters. The number of pyridine rings is 1. The van der Waals surface area contributed by atoms with Crippen molar-refractivity contribution in [1.29, 1.82) is 0 Å². The molecule has 1 aromatic rings. The Hall–Kier alpha value is -1.33. The SMILES string of the molecule is CCNc1cc(C(=O)N(C)CCCOC)cc(Cl)n1. The molecule has 1 amide bonds. The quantitative estimate of drug-likeness (QED) is 0.617. The van der Waals surface area contributed by atoms with Crippen molar-refractivity contribution in [3.8, 4) is 0 Å². The number of methoxy groups -OCH3 is 1. The summed E-state index contributed by atoms with van der Waals surface area (Å²) < 4.78 is 4.97. The van der Waals surface area contributed by atoms with Crippen molar-refractivity contribution < 1.29 is 9.53 Å². The molecule has 1 rings (SSSR count). The van der Waals surface area contributed by atoms with Crippen LogP contribution in [0.3, 0.4) is 0 Å². The van der Waals surface area contributed by atoms with Gasteiger partial charge in [0, 0.05) is 39.4 Å². The van der Waals surface area contributed by atoms with Crippen molar-refractivity contribution in [3.63, 3.8) is 0 Å². The molecular formula is C13H20ClN3O2. The fourth-order valence-electron chi connectivity index (χ4n) is 1.66. The lowest BCUT2D eigenvalue weighted by atomic mass is 10.2. The van der Waals surface area contributed by atoms with Gasteiger partial charge in [0.25, 0.3) is 5.91 Å². The van der Waals surface area contributed by atoms with Crippen molar-refractivity contribution in [1.82, 2.24) is 9.88 Å². The number of amides is 1. The van der Waals surface area contributed by atoms with Crippen LogP contribution in [0.5, 0.6) is 0 Å². The van der Waals surface area contributed by atoms with Gasteiger partial charge in [-0.15, -0.1) is 0 Å². The number of rotatable bonds is 7. The van der Waals surface area contributed by atoms with Crippen LogP contribution in [-0.4, -0.2) is 49.6 Å². The van der Waals surface area contributed by atoms with E-state index in [0.29, 0.717) is 29.7 Å². The van der Waals surface area contributed by atoms with Crippen LogP contribution in [0.15, 0.2) is 12.1 Å². The number of carbonyl (C=O) groups is 1. The van der Waals surface area contributed by atoms with Crippen LogP contribution >= 0.6 is 11.6 Å². The number of nitrogens with one attached hydrogen (secondary N) is 1. The van der Waals surface area contributed by atoms with Crippen molar-refractivity contribution >= 4 is 23.3 Å². The lowest BCUT2D eigenvalue weighted by Gasteiger charge is -2.17. The van der Waals surface area contributed by atoms with E-state index in [4.69, 9.17) is 16.3 Å². The van der Waals surface area contributed by atoms with E-state index in [9.17, 15) is 4.79 Å². The van der Waals surface area contributed by atoms with Crippen LogP contribution in [0.4, 0.5) is 5.82 Å². The van der Waals surface area contributed by atoms with Crippen molar-refractivity contribution in [3.05, 3.63) is 22.8 Å². The molecule has 0 spiro atoms. The van der Waals surface area contributed by atoms with E-state index < -0.39 is 0 Å². The van der Waals surface area contributed by atoms with E-state index in [-0.39, 0.29) is 5.91 Å². The Labute approximate surface area is 118 Å². The van der Waals surface area contributed by atoms with Crippen molar-refractivity contribution in [2.24, 2.45) is 0 Å². The highest BCUT2D eigenvalue weighted by Crippen LogP contribution is 2.16. The van der Waals surface area contributed by atoms with E-state index in [1.165, 1.54) is 0 Å². The van der Waals surface area contributed by atoms with Crippen LogP contribution in [0, 0.1) is 0 Å².